The quantitative estimate of drug-likeness (QED) is 0.672. The van der Waals surface area contributed by atoms with Gasteiger partial charge in [0.2, 0.25) is 5.91 Å². The van der Waals surface area contributed by atoms with Crippen LogP contribution in [0.25, 0.3) is 0 Å². The lowest BCUT2D eigenvalue weighted by Crippen LogP contribution is -2.33. The lowest BCUT2D eigenvalue weighted by atomic mass is 9.97. The Balaban J connectivity index is 2.46. The summed E-state index contributed by atoms with van der Waals surface area (Å²) < 4.78 is 0. The maximum atomic E-state index is 11.8. The molecule has 0 heterocycles. The van der Waals surface area contributed by atoms with E-state index >= 15 is 0 Å². The number of hydrogen-bond acceptors (Lipinski definition) is 3. The number of nitrogens with two attached hydrogens (primary N) is 1. The van der Waals surface area contributed by atoms with E-state index in [4.69, 9.17) is 10.8 Å². The minimum atomic E-state index is 0.0141. The number of hydrogen-bond donors (Lipinski definition) is 3. The summed E-state index contributed by atoms with van der Waals surface area (Å²) in [4.78, 5) is 11.8. The summed E-state index contributed by atoms with van der Waals surface area (Å²) in [5.41, 5.74) is 7.46. The molecule has 18 heavy (non-hydrogen) atoms. The summed E-state index contributed by atoms with van der Waals surface area (Å²) in [6.45, 7) is 4.00. The minimum absolute atomic E-state index is 0.0141. The third-order valence-electron chi connectivity index (χ3n) is 2.97. The van der Waals surface area contributed by atoms with E-state index in [0.717, 1.165) is 11.3 Å². The lowest BCUT2D eigenvalue weighted by Gasteiger charge is -2.16. The molecule has 0 aliphatic heterocycles. The molecule has 2 unspecified atom stereocenters. The van der Waals surface area contributed by atoms with Crippen LogP contribution in [0.3, 0.4) is 0 Å². The largest absolute Gasteiger partial charge is 0.399 e. The van der Waals surface area contributed by atoms with Gasteiger partial charge in [-0.1, -0.05) is 19.1 Å². The zero-order valence-corrected chi connectivity index (χ0v) is 11.0. The number of rotatable bonds is 6. The number of benzene rings is 1. The average molecular weight is 250 g/mol. The highest BCUT2D eigenvalue weighted by Crippen LogP contribution is 2.20. The van der Waals surface area contributed by atoms with Crippen LogP contribution in [-0.2, 0) is 4.79 Å². The molecular formula is C14H22N2O2. The van der Waals surface area contributed by atoms with Gasteiger partial charge in [0.15, 0.2) is 0 Å². The van der Waals surface area contributed by atoms with Crippen LogP contribution >= 0.6 is 0 Å². The van der Waals surface area contributed by atoms with Gasteiger partial charge in [0.05, 0.1) is 0 Å². The Morgan fingerprint density at radius 3 is 2.50 bits per heavy atom. The van der Waals surface area contributed by atoms with E-state index in [1.165, 1.54) is 0 Å². The van der Waals surface area contributed by atoms with Gasteiger partial charge in [0.1, 0.15) is 0 Å². The first-order valence-electron chi connectivity index (χ1n) is 6.28. The third kappa shape index (κ3) is 4.75. The number of aliphatic hydroxyl groups excluding tert-OH is 1. The lowest BCUT2D eigenvalue weighted by molar-refractivity contribution is -0.122. The summed E-state index contributed by atoms with van der Waals surface area (Å²) in [6, 6.07) is 7.60. The van der Waals surface area contributed by atoms with Gasteiger partial charge < -0.3 is 16.2 Å². The van der Waals surface area contributed by atoms with Crippen molar-refractivity contribution in [3.63, 3.8) is 0 Å². The Morgan fingerprint density at radius 2 is 1.94 bits per heavy atom. The van der Waals surface area contributed by atoms with E-state index in [0.29, 0.717) is 12.8 Å². The van der Waals surface area contributed by atoms with Crippen LogP contribution in [-0.4, -0.2) is 23.7 Å². The Labute approximate surface area is 108 Å². The Bertz CT molecular complexity index is 376. The summed E-state index contributed by atoms with van der Waals surface area (Å²) >= 11 is 0. The second-order valence-corrected chi connectivity index (χ2v) is 4.75. The van der Waals surface area contributed by atoms with E-state index in [-0.39, 0.29) is 24.5 Å². The molecule has 0 bridgehead atoms. The predicted molar refractivity (Wildman–Crippen MR) is 73.2 cm³/mol. The van der Waals surface area contributed by atoms with Crippen molar-refractivity contribution in [2.75, 3.05) is 12.3 Å². The highest BCUT2D eigenvalue weighted by Gasteiger charge is 2.12. The number of nitrogen functional groups attached to an aromatic ring is 1. The number of anilines is 1. The summed E-state index contributed by atoms with van der Waals surface area (Å²) in [6.07, 6.45) is 1.03. The summed E-state index contributed by atoms with van der Waals surface area (Å²) in [5.74, 6) is 0.173. The second kappa shape index (κ2) is 7.01. The highest BCUT2D eigenvalue weighted by atomic mass is 16.3. The molecule has 4 N–H and O–H groups in total. The summed E-state index contributed by atoms with van der Waals surface area (Å²) in [7, 11) is 0. The van der Waals surface area contributed by atoms with Gasteiger partial charge in [0, 0.05) is 24.8 Å². The third-order valence-corrected chi connectivity index (χ3v) is 2.97. The first kappa shape index (κ1) is 14.5. The van der Waals surface area contributed by atoms with Crippen LogP contribution < -0.4 is 11.1 Å². The van der Waals surface area contributed by atoms with Crippen LogP contribution in [0.1, 0.15) is 38.2 Å². The Kier molecular flexibility index (Phi) is 5.65. The van der Waals surface area contributed by atoms with Gasteiger partial charge >= 0.3 is 0 Å². The molecule has 0 radical (unpaired) electrons. The second-order valence-electron chi connectivity index (χ2n) is 4.75. The molecule has 0 aliphatic carbocycles. The van der Waals surface area contributed by atoms with Crippen LogP contribution in [0.5, 0.6) is 0 Å². The molecule has 0 spiro atoms. The maximum Gasteiger partial charge on any atom is 0.220 e. The highest BCUT2D eigenvalue weighted by molar-refractivity contribution is 5.77. The fourth-order valence-electron chi connectivity index (χ4n) is 1.82. The molecule has 4 heteroatoms. The van der Waals surface area contributed by atoms with Crippen LogP contribution in [0, 0.1) is 0 Å². The normalized spacial score (nSPS) is 13.9. The molecule has 0 fully saturated rings. The molecule has 0 aromatic heterocycles. The molecule has 100 valence electrons. The average Bonchev–Trinajstić information content (AvgIpc) is 2.29. The molecule has 1 aromatic rings. The van der Waals surface area contributed by atoms with Gasteiger partial charge in [-0.15, -0.1) is 0 Å². The van der Waals surface area contributed by atoms with E-state index in [1.807, 2.05) is 38.1 Å². The molecular weight excluding hydrogens is 228 g/mol. The molecule has 1 rings (SSSR count). The number of amides is 1. The topological polar surface area (TPSA) is 75.3 Å². The summed E-state index contributed by atoms with van der Waals surface area (Å²) in [5, 5.41) is 11.6. The standard InChI is InChI=1S/C14H22N2O2/c1-10(12-3-5-13(15)6-4-12)9-14(18)16-11(2)7-8-17/h3-6,10-11,17H,7-9,15H2,1-2H3,(H,16,18). The Morgan fingerprint density at radius 1 is 1.33 bits per heavy atom. The van der Waals surface area contributed by atoms with Crippen molar-refractivity contribution in [3.8, 4) is 0 Å². The van der Waals surface area contributed by atoms with E-state index in [1.54, 1.807) is 0 Å². The molecule has 1 amide bonds. The number of carbonyl (C=O) groups is 1. The van der Waals surface area contributed by atoms with Crippen molar-refractivity contribution >= 4 is 11.6 Å². The molecule has 0 saturated heterocycles. The van der Waals surface area contributed by atoms with Crippen molar-refractivity contribution in [1.29, 1.82) is 0 Å². The SMILES string of the molecule is CC(CCO)NC(=O)CC(C)c1ccc(N)cc1. The molecule has 0 aliphatic rings. The number of carbonyl (C=O) groups excluding carboxylic acids is 1. The van der Waals surface area contributed by atoms with Crippen LogP contribution in [0.2, 0.25) is 0 Å². The van der Waals surface area contributed by atoms with Gasteiger partial charge in [-0.3, -0.25) is 4.79 Å². The zero-order valence-electron chi connectivity index (χ0n) is 11.0. The predicted octanol–water partition coefficient (Wildman–Crippen LogP) is 1.65. The smallest absolute Gasteiger partial charge is 0.220 e. The first-order chi connectivity index (χ1) is 8.52. The molecule has 1 aromatic carbocycles. The maximum absolute atomic E-state index is 11.8. The fourth-order valence-corrected chi connectivity index (χ4v) is 1.82. The van der Waals surface area contributed by atoms with Crippen molar-refractivity contribution < 1.29 is 9.90 Å². The van der Waals surface area contributed by atoms with Crippen molar-refractivity contribution in [1.82, 2.24) is 5.32 Å². The van der Waals surface area contributed by atoms with E-state index < -0.39 is 0 Å². The number of nitrogens with one attached hydrogen (secondary N) is 1. The fraction of sp³-hybridized carbons (Fsp3) is 0.500. The van der Waals surface area contributed by atoms with Gasteiger partial charge in [-0.2, -0.15) is 0 Å². The minimum Gasteiger partial charge on any atom is -0.399 e. The first-order valence-corrected chi connectivity index (χ1v) is 6.28. The molecule has 2 atom stereocenters. The van der Waals surface area contributed by atoms with E-state index in [2.05, 4.69) is 5.32 Å². The molecule has 4 nitrogen and oxygen atoms in total. The van der Waals surface area contributed by atoms with Gasteiger partial charge in [-0.25, -0.2) is 0 Å². The van der Waals surface area contributed by atoms with E-state index in [9.17, 15) is 4.79 Å². The Hall–Kier alpha value is -1.55. The van der Waals surface area contributed by atoms with Gasteiger partial charge in [-0.05, 0) is 37.0 Å². The van der Waals surface area contributed by atoms with Gasteiger partial charge in [0.25, 0.3) is 0 Å². The molecule has 0 saturated carbocycles. The van der Waals surface area contributed by atoms with Crippen molar-refractivity contribution in [2.24, 2.45) is 0 Å². The number of aliphatic hydroxyl groups is 1. The van der Waals surface area contributed by atoms with Crippen LogP contribution in [0.4, 0.5) is 5.69 Å². The van der Waals surface area contributed by atoms with Crippen LogP contribution in [0.15, 0.2) is 24.3 Å². The van der Waals surface area contributed by atoms with Crippen molar-refractivity contribution in [2.45, 2.75) is 38.6 Å². The van der Waals surface area contributed by atoms with Crippen molar-refractivity contribution in [3.05, 3.63) is 29.8 Å². The monoisotopic (exact) mass is 250 g/mol. The zero-order chi connectivity index (χ0) is 13.5.